The molecule has 1 aromatic carbocycles. The van der Waals surface area contributed by atoms with Crippen molar-refractivity contribution >= 4 is 11.6 Å². The molecule has 1 aromatic rings. The summed E-state index contributed by atoms with van der Waals surface area (Å²) in [5.41, 5.74) is 1.28. The molecule has 1 N–H and O–H groups in total. The summed E-state index contributed by atoms with van der Waals surface area (Å²) >= 11 is 6.01. The molecular formula is C15H22ClN. The average Bonchev–Trinajstić information content (AvgIpc) is 2.21. The smallest absolute Gasteiger partial charge is 0.0409 e. The van der Waals surface area contributed by atoms with E-state index in [4.69, 9.17) is 11.6 Å². The van der Waals surface area contributed by atoms with Crippen molar-refractivity contribution in [2.45, 2.75) is 45.7 Å². The van der Waals surface area contributed by atoms with E-state index in [1.807, 2.05) is 12.1 Å². The minimum Gasteiger partial charge on any atom is -0.307 e. The van der Waals surface area contributed by atoms with Gasteiger partial charge in [-0.3, -0.25) is 0 Å². The number of hydrogen-bond donors (Lipinski definition) is 1. The highest BCUT2D eigenvalue weighted by atomic mass is 35.5. The fourth-order valence-electron chi connectivity index (χ4n) is 2.57. The van der Waals surface area contributed by atoms with Crippen molar-refractivity contribution in [1.82, 2.24) is 5.32 Å². The van der Waals surface area contributed by atoms with Crippen LogP contribution >= 0.6 is 11.6 Å². The van der Waals surface area contributed by atoms with Gasteiger partial charge in [0.2, 0.25) is 0 Å². The van der Waals surface area contributed by atoms with E-state index in [1.165, 1.54) is 18.4 Å². The number of nitrogens with one attached hydrogen (secondary N) is 1. The molecule has 1 nitrogen and oxygen atoms in total. The molecule has 0 heterocycles. The van der Waals surface area contributed by atoms with Crippen molar-refractivity contribution in [2.24, 2.45) is 11.8 Å². The van der Waals surface area contributed by atoms with Crippen LogP contribution in [0.15, 0.2) is 24.3 Å². The second kappa shape index (κ2) is 5.41. The Morgan fingerprint density at radius 2 is 1.94 bits per heavy atom. The van der Waals surface area contributed by atoms with Crippen LogP contribution in [0.4, 0.5) is 0 Å². The zero-order valence-corrected chi connectivity index (χ0v) is 11.7. The van der Waals surface area contributed by atoms with Gasteiger partial charge in [0.05, 0.1) is 0 Å². The number of rotatable bonds is 4. The van der Waals surface area contributed by atoms with E-state index >= 15 is 0 Å². The third-order valence-electron chi connectivity index (χ3n) is 3.95. The summed E-state index contributed by atoms with van der Waals surface area (Å²) in [6.07, 6.45) is 2.64. The van der Waals surface area contributed by atoms with Gasteiger partial charge < -0.3 is 5.32 Å². The van der Waals surface area contributed by atoms with Crippen LogP contribution in [0.1, 0.15) is 45.2 Å². The first-order valence-corrected chi connectivity index (χ1v) is 6.95. The molecular weight excluding hydrogens is 230 g/mol. The molecule has 1 aliphatic rings. The summed E-state index contributed by atoms with van der Waals surface area (Å²) in [6.45, 7) is 6.86. The first-order valence-electron chi connectivity index (χ1n) is 6.57. The van der Waals surface area contributed by atoms with Gasteiger partial charge in [-0.05, 0) is 49.3 Å². The first-order chi connectivity index (χ1) is 8.06. The predicted molar refractivity (Wildman–Crippen MR) is 74.4 cm³/mol. The molecule has 0 radical (unpaired) electrons. The van der Waals surface area contributed by atoms with Crippen LogP contribution in [0.2, 0.25) is 5.02 Å². The van der Waals surface area contributed by atoms with E-state index in [9.17, 15) is 0 Å². The highest BCUT2D eigenvalue weighted by molar-refractivity contribution is 6.30. The fourth-order valence-corrected chi connectivity index (χ4v) is 2.77. The third-order valence-corrected chi connectivity index (χ3v) is 4.19. The van der Waals surface area contributed by atoms with Crippen molar-refractivity contribution in [3.63, 3.8) is 0 Å². The van der Waals surface area contributed by atoms with Gasteiger partial charge in [-0.2, -0.15) is 0 Å². The Balaban J connectivity index is 1.85. The molecule has 0 aromatic heterocycles. The quantitative estimate of drug-likeness (QED) is 0.835. The van der Waals surface area contributed by atoms with Gasteiger partial charge >= 0.3 is 0 Å². The molecule has 0 spiro atoms. The van der Waals surface area contributed by atoms with E-state index in [1.54, 1.807) is 0 Å². The van der Waals surface area contributed by atoms with Crippen LogP contribution < -0.4 is 5.32 Å². The van der Waals surface area contributed by atoms with E-state index in [2.05, 4.69) is 38.2 Å². The second-order valence-electron chi connectivity index (χ2n) is 5.62. The lowest BCUT2D eigenvalue weighted by atomic mass is 9.73. The van der Waals surface area contributed by atoms with Crippen molar-refractivity contribution in [1.29, 1.82) is 0 Å². The van der Waals surface area contributed by atoms with Crippen LogP contribution in [-0.2, 0) is 0 Å². The van der Waals surface area contributed by atoms with Gasteiger partial charge in [-0.25, -0.2) is 0 Å². The molecule has 94 valence electrons. The average molecular weight is 252 g/mol. The van der Waals surface area contributed by atoms with E-state index in [0.717, 1.165) is 16.9 Å². The Morgan fingerprint density at radius 3 is 2.53 bits per heavy atom. The largest absolute Gasteiger partial charge is 0.307 e. The van der Waals surface area contributed by atoms with Crippen molar-refractivity contribution in [3.8, 4) is 0 Å². The summed E-state index contributed by atoms with van der Waals surface area (Å²) in [6, 6.07) is 9.23. The minimum absolute atomic E-state index is 0.395. The molecule has 0 saturated heterocycles. The monoisotopic (exact) mass is 251 g/mol. The minimum atomic E-state index is 0.395. The maximum atomic E-state index is 6.01. The standard InChI is InChI=1S/C15H22ClN/c1-10(2)13-8-15(9-13)17-11(3)12-5-4-6-14(16)7-12/h4-7,10-11,13,15,17H,8-9H2,1-3H3/t11-,13?,15?/m1/s1. The molecule has 0 amide bonds. The van der Waals surface area contributed by atoms with Crippen molar-refractivity contribution in [2.75, 3.05) is 0 Å². The zero-order valence-electron chi connectivity index (χ0n) is 10.9. The molecule has 17 heavy (non-hydrogen) atoms. The Labute approximate surface area is 110 Å². The van der Waals surface area contributed by atoms with Gasteiger partial charge in [0.1, 0.15) is 0 Å². The molecule has 2 heteroatoms. The molecule has 0 aliphatic heterocycles. The molecule has 1 saturated carbocycles. The van der Waals surface area contributed by atoms with Crippen LogP contribution in [0, 0.1) is 11.8 Å². The topological polar surface area (TPSA) is 12.0 Å². The second-order valence-corrected chi connectivity index (χ2v) is 6.05. The van der Waals surface area contributed by atoms with Gasteiger partial charge in [-0.1, -0.05) is 37.6 Å². The SMILES string of the molecule is CC(C)C1CC(N[C@H](C)c2cccc(Cl)c2)C1. The van der Waals surface area contributed by atoms with Gasteiger partial charge in [0.25, 0.3) is 0 Å². The Hall–Kier alpha value is -0.530. The van der Waals surface area contributed by atoms with E-state index in [0.29, 0.717) is 12.1 Å². The summed E-state index contributed by atoms with van der Waals surface area (Å²) in [7, 11) is 0. The predicted octanol–water partition coefficient (Wildman–Crippen LogP) is 4.43. The Bertz CT molecular complexity index is 369. The van der Waals surface area contributed by atoms with E-state index in [-0.39, 0.29) is 0 Å². The zero-order chi connectivity index (χ0) is 12.4. The summed E-state index contributed by atoms with van der Waals surface area (Å²) in [5, 5.41) is 4.51. The van der Waals surface area contributed by atoms with Crippen molar-refractivity contribution < 1.29 is 0 Å². The lowest BCUT2D eigenvalue weighted by molar-refractivity contribution is 0.159. The molecule has 1 aliphatic carbocycles. The van der Waals surface area contributed by atoms with Gasteiger partial charge in [-0.15, -0.1) is 0 Å². The lowest BCUT2D eigenvalue weighted by Gasteiger charge is -2.40. The number of hydrogen-bond acceptors (Lipinski definition) is 1. The molecule has 0 bridgehead atoms. The normalized spacial score (nSPS) is 25.7. The first kappa shape index (κ1) is 12.9. The summed E-state index contributed by atoms with van der Waals surface area (Å²) in [4.78, 5) is 0. The highest BCUT2D eigenvalue weighted by Gasteiger charge is 2.31. The maximum Gasteiger partial charge on any atom is 0.0409 e. The molecule has 0 unspecified atom stereocenters. The lowest BCUT2D eigenvalue weighted by Crippen LogP contribution is -2.43. The molecule has 2 rings (SSSR count). The number of benzene rings is 1. The van der Waals surface area contributed by atoms with Crippen LogP contribution in [0.3, 0.4) is 0 Å². The van der Waals surface area contributed by atoms with Gasteiger partial charge in [0.15, 0.2) is 0 Å². The summed E-state index contributed by atoms with van der Waals surface area (Å²) < 4.78 is 0. The fraction of sp³-hybridized carbons (Fsp3) is 0.600. The van der Waals surface area contributed by atoms with Gasteiger partial charge in [0, 0.05) is 17.1 Å². The maximum absolute atomic E-state index is 6.01. The van der Waals surface area contributed by atoms with Crippen molar-refractivity contribution in [3.05, 3.63) is 34.9 Å². The molecule has 1 atom stereocenters. The Kier molecular flexibility index (Phi) is 4.11. The Morgan fingerprint density at radius 1 is 1.24 bits per heavy atom. The molecule has 1 fully saturated rings. The van der Waals surface area contributed by atoms with E-state index < -0.39 is 0 Å². The highest BCUT2D eigenvalue weighted by Crippen LogP contribution is 2.34. The van der Waals surface area contributed by atoms with Crippen LogP contribution in [-0.4, -0.2) is 6.04 Å². The summed E-state index contributed by atoms with van der Waals surface area (Å²) in [5.74, 6) is 1.74. The van der Waals surface area contributed by atoms with Crippen LogP contribution in [0.25, 0.3) is 0 Å². The third kappa shape index (κ3) is 3.23. The number of halogens is 1. The van der Waals surface area contributed by atoms with Crippen LogP contribution in [0.5, 0.6) is 0 Å².